The predicted octanol–water partition coefficient (Wildman–Crippen LogP) is 4.77. The highest BCUT2D eigenvalue weighted by Gasteiger charge is 2.17. The number of aromatic nitrogens is 1. The zero-order chi connectivity index (χ0) is 15.0. The number of rotatable bonds is 3. The van der Waals surface area contributed by atoms with E-state index in [2.05, 4.69) is 4.98 Å². The van der Waals surface area contributed by atoms with Crippen LogP contribution in [-0.2, 0) is 0 Å². The van der Waals surface area contributed by atoms with Gasteiger partial charge in [-0.2, -0.15) is 0 Å². The molecule has 0 fully saturated rings. The van der Waals surface area contributed by atoms with Crippen LogP contribution in [0.5, 0.6) is 11.5 Å². The average Bonchev–Trinajstić information content (AvgIpc) is 2.89. The molecule has 108 valence electrons. The van der Waals surface area contributed by atoms with Gasteiger partial charge in [-0.1, -0.05) is 17.7 Å². The van der Waals surface area contributed by atoms with Gasteiger partial charge in [0.1, 0.15) is 22.3 Å². The number of benzene rings is 2. The normalized spacial score (nSPS) is 10.9. The smallest absolute Gasteiger partial charge is 0.142 e. The van der Waals surface area contributed by atoms with E-state index in [9.17, 15) is 4.39 Å². The molecule has 3 nitrogen and oxygen atoms in total. The molecule has 6 heteroatoms. The third-order valence-electron chi connectivity index (χ3n) is 3.06. The van der Waals surface area contributed by atoms with Crippen molar-refractivity contribution in [3.63, 3.8) is 0 Å². The van der Waals surface area contributed by atoms with Gasteiger partial charge in [-0.05, 0) is 12.1 Å². The van der Waals surface area contributed by atoms with Crippen molar-refractivity contribution >= 4 is 33.2 Å². The Labute approximate surface area is 129 Å². The van der Waals surface area contributed by atoms with Crippen LogP contribution >= 0.6 is 22.9 Å². The SMILES string of the molecule is COc1cc(OC)c2sc(-c3c(F)cccc3Cl)nc2c1. The first-order valence-electron chi connectivity index (χ1n) is 6.11. The van der Waals surface area contributed by atoms with Gasteiger partial charge in [0.05, 0.1) is 35.0 Å². The van der Waals surface area contributed by atoms with E-state index in [-0.39, 0.29) is 0 Å². The molecule has 3 aromatic rings. The lowest BCUT2D eigenvalue weighted by Crippen LogP contribution is -1.87. The van der Waals surface area contributed by atoms with Crippen LogP contribution in [0.4, 0.5) is 4.39 Å². The van der Waals surface area contributed by atoms with Gasteiger partial charge in [-0.3, -0.25) is 0 Å². The maximum Gasteiger partial charge on any atom is 0.142 e. The fourth-order valence-electron chi connectivity index (χ4n) is 2.06. The molecule has 3 rings (SSSR count). The summed E-state index contributed by atoms with van der Waals surface area (Å²) in [4.78, 5) is 4.46. The number of halogens is 2. The molecule has 0 saturated carbocycles. The van der Waals surface area contributed by atoms with Crippen molar-refractivity contribution in [1.82, 2.24) is 4.98 Å². The highest BCUT2D eigenvalue weighted by atomic mass is 35.5. The van der Waals surface area contributed by atoms with E-state index < -0.39 is 5.82 Å². The average molecular weight is 324 g/mol. The summed E-state index contributed by atoms with van der Waals surface area (Å²) in [5.74, 6) is 0.879. The minimum Gasteiger partial charge on any atom is -0.497 e. The summed E-state index contributed by atoms with van der Waals surface area (Å²) < 4.78 is 25.4. The fraction of sp³-hybridized carbons (Fsp3) is 0.133. The molecule has 0 bridgehead atoms. The second-order valence-corrected chi connectivity index (χ2v) is 5.70. The molecule has 0 atom stereocenters. The zero-order valence-corrected chi connectivity index (χ0v) is 12.9. The van der Waals surface area contributed by atoms with Gasteiger partial charge < -0.3 is 9.47 Å². The zero-order valence-electron chi connectivity index (χ0n) is 11.3. The Bertz CT molecular complexity index is 799. The van der Waals surface area contributed by atoms with Crippen molar-refractivity contribution in [3.8, 4) is 22.1 Å². The molecule has 0 aliphatic heterocycles. The van der Waals surface area contributed by atoms with Crippen molar-refractivity contribution < 1.29 is 13.9 Å². The van der Waals surface area contributed by atoms with E-state index in [1.54, 1.807) is 38.5 Å². The van der Waals surface area contributed by atoms with Gasteiger partial charge in [0, 0.05) is 12.1 Å². The van der Waals surface area contributed by atoms with Crippen molar-refractivity contribution in [2.24, 2.45) is 0 Å². The first-order valence-corrected chi connectivity index (χ1v) is 7.30. The van der Waals surface area contributed by atoms with Gasteiger partial charge in [-0.15, -0.1) is 11.3 Å². The summed E-state index contributed by atoms with van der Waals surface area (Å²) in [5, 5.41) is 0.847. The quantitative estimate of drug-likeness (QED) is 0.695. The van der Waals surface area contributed by atoms with Gasteiger partial charge >= 0.3 is 0 Å². The van der Waals surface area contributed by atoms with Crippen LogP contribution in [0.15, 0.2) is 30.3 Å². The minimum atomic E-state index is -0.396. The van der Waals surface area contributed by atoms with Crippen molar-refractivity contribution in [3.05, 3.63) is 41.2 Å². The highest BCUT2D eigenvalue weighted by Crippen LogP contribution is 2.41. The molecule has 0 radical (unpaired) electrons. The molecule has 0 saturated heterocycles. The van der Waals surface area contributed by atoms with E-state index >= 15 is 0 Å². The summed E-state index contributed by atoms with van der Waals surface area (Å²) in [5.41, 5.74) is 0.993. The molecule has 0 aliphatic carbocycles. The maximum atomic E-state index is 14.0. The molecule has 2 aromatic carbocycles. The van der Waals surface area contributed by atoms with Crippen LogP contribution in [0, 0.1) is 5.82 Å². The molecule has 0 aliphatic rings. The molecule has 1 heterocycles. The van der Waals surface area contributed by atoms with Crippen LogP contribution in [0.3, 0.4) is 0 Å². The second kappa shape index (κ2) is 5.50. The van der Waals surface area contributed by atoms with Crippen LogP contribution in [-0.4, -0.2) is 19.2 Å². The third-order valence-corrected chi connectivity index (χ3v) is 4.48. The fourth-order valence-corrected chi connectivity index (χ4v) is 3.46. The molecule has 21 heavy (non-hydrogen) atoms. The largest absolute Gasteiger partial charge is 0.497 e. The van der Waals surface area contributed by atoms with Crippen molar-refractivity contribution in [2.75, 3.05) is 14.2 Å². The van der Waals surface area contributed by atoms with Crippen LogP contribution in [0.1, 0.15) is 0 Å². The van der Waals surface area contributed by atoms with Gasteiger partial charge in [0.15, 0.2) is 0 Å². The topological polar surface area (TPSA) is 31.4 Å². The summed E-state index contributed by atoms with van der Waals surface area (Å²) in [6, 6.07) is 8.13. The Morgan fingerprint density at radius 1 is 1.19 bits per heavy atom. The first-order chi connectivity index (χ1) is 10.1. The molecule has 0 spiro atoms. The molecular weight excluding hydrogens is 313 g/mol. The first kappa shape index (κ1) is 14.1. The Hall–Kier alpha value is -1.85. The Morgan fingerprint density at radius 2 is 2.00 bits per heavy atom. The minimum absolute atomic E-state index is 0.307. The number of methoxy groups -OCH3 is 2. The summed E-state index contributed by atoms with van der Waals surface area (Å²) in [7, 11) is 3.14. The Kier molecular flexibility index (Phi) is 3.69. The van der Waals surface area contributed by atoms with E-state index in [0.717, 1.165) is 4.70 Å². The monoisotopic (exact) mass is 323 g/mol. The predicted molar refractivity (Wildman–Crippen MR) is 83.1 cm³/mol. The Morgan fingerprint density at radius 3 is 2.67 bits per heavy atom. The molecule has 0 N–H and O–H groups in total. The summed E-state index contributed by atoms with van der Waals surface area (Å²) >= 11 is 7.43. The van der Waals surface area contributed by atoms with Gasteiger partial charge in [-0.25, -0.2) is 9.37 Å². The second-order valence-electron chi connectivity index (χ2n) is 4.29. The van der Waals surface area contributed by atoms with Gasteiger partial charge in [0.25, 0.3) is 0 Å². The molecular formula is C15H11ClFNO2S. The molecule has 1 aromatic heterocycles. The lowest BCUT2D eigenvalue weighted by Gasteiger charge is -2.03. The lowest BCUT2D eigenvalue weighted by molar-refractivity contribution is 0.398. The van der Waals surface area contributed by atoms with Crippen molar-refractivity contribution in [2.45, 2.75) is 0 Å². The highest BCUT2D eigenvalue weighted by molar-refractivity contribution is 7.22. The van der Waals surface area contributed by atoms with E-state index in [0.29, 0.717) is 32.6 Å². The summed E-state index contributed by atoms with van der Waals surface area (Å²) in [6.07, 6.45) is 0. The van der Waals surface area contributed by atoms with Crippen LogP contribution < -0.4 is 9.47 Å². The van der Waals surface area contributed by atoms with E-state index in [1.165, 1.54) is 17.4 Å². The number of ether oxygens (including phenoxy) is 2. The van der Waals surface area contributed by atoms with Crippen LogP contribution in [0.2, 0.25) is 5.02 Å². The third kappa shape index (κ3) is 2.43. The lowest BCUT2D eigenvalue weighted by atomic mass is 10.2. The summed E-state index contributed by atoms with van der Waals surface area (Å²) in [6.45, 7) is 0. The maximum absolute atomic E-state index is 14.0. The van der Waals surface area contributed by atoms with Crippen LogP contribution in [0.25, 0.3) is 20.8 Å². The number of nitrogens with zero attached hydrogens (tertiary/aromatic N) is 1. The molecule has 0 amide bonds. The number of fused-ring (bicyclic) bond motifs is 1. The standard InChI is InChI=1S/C15H11ClFNO2S/c1-19-8-6-11-14(12(7-8)20-2)21-15(18-11)13-9(16)4-3-5-10(13)17/h3-7H,1-2H3. The molecule has 0 unspecified atom stereocenters. The van der Waals surface area contributed by atoms with E-state index in [1.807, 2.05) is 0 Å². The van der Waals surface area contributed by atoms with E-state index in [4.69, 9.17) is 21.1 Å². The van der Waals surface area contributed by atoms with Gasteiger partial charge in [0.2, 0.25) is 0 Å². The van der Waals surface area contributed by atoms with Crippen molar-refractivity contribution in [1.29, 1.82) is 0 Å². The Balaban J connectivity index is 2.26. The number of hydrogen-bond donors (Lipinski definition) is 0. The number of thiazole rings is 1. The number of hydrogen-bond acceptors (Lipinski definition) is 4.